The first kappa shape index (κ1) is 10.5. The van der Waals surface area contributed by atoms with Crippen LogP contribution in [0.2, 0.25) is 0 Å². The van der Waals surface area contributed by atoms with Gasteiger partial charge in [-0.25, -0.2) is 4.98 Å². The van der Waals surface area contributed by atoms with Gasteiger partial charge in [-0.1, -0.05) is 19.8 Å². The van der Waals surface area contributed by atoms with Gasteiger partial charge in [0.05, 0.1) is 6.33 Å². The number of hydrogen-bond donors (Lipinski definition) is 0. The van der Waals surface area contributed by atoms with Gasteiger partial charge in [-0.2, -0.15) is 0 Å². The molecule has 0 atom stereocenters. The van der Waals surface area contributed by atoms with E-state index < -0.39 is 0 Å². The lowest BCUT2D eigenvalue weighted by Crippen LogP contribution is -1.76. The lowest BCUT2D eigenvalue weighted by Gasteiger charge is -1.76. The van der Waals surface area contributed by atoms with E-state index in [9.17, 15) is 0 Å². The second-order valence-corrected chi connectivity index (χ2v) is 2.91. The highest BCUT2D eigenvalue weighted by atomic mass is 35.5. The summed E-state index contributed by atoms with van der Waals surface area (Å²) in [5, 5.41) is 0. The fraction of sp³-hybridized carbons (Fsp3) is 0.625. The summed E-state index contributed by atoms with van der Waals surface area (Å²) in [7, 11) is 1.94. The number of aromatic nitrogens is 2. The highest BCUT2D eigenvalue weighted by Crippen LogP contribution is 2.26. The zero-order valence-corrected chi connectivity index (χ0v) is 7.84. The minimum Gasteiger partial charge on any atom is -0.341 e. The van der Waals surface area contributed by atoms with Crippen LogP contribution in [0, 0.1) is 5.92 Å². The molecule has 0 amide bonds. The molecule has 0 saturated heterocycles. The SMILES string of the molecule is CC1CC1.Cl.Cn1ccnc1. The molecule has 1 aliphatic rings. The van der Waals surface area contributed by atoms with E-state index in [2.05, 4.69) is 11.9 Å². The van der Waals surface area contributed by atoms with Crippen molar-refractivity contribution in [2.24, 2.45) is 13.0 Å². The fourth-order valence-corrected chi connectivity index (χ4v) is 0.492. The third kappa shape index (κ3) is 5.92. The van der Waals surface area contributed by atoms with Crippen LogP contribution in [0.5, 0.6) is 0 Å². The minimum atomic E-state index is 0. The minimum absolute atomic E-state index is 0. The van der Waals surface area contributed by atoms with Gasteiger partial charge in [0.15, 0.2) is 0 Å². The van der Waals surface area contributed by atoms with Crippen LogP contribution < -0.4 is 0 Å². The zero-order chi connectivity index (χ0) is 7.40. The van der Waals surface area contributed by atoms with Gasteiger partial charge in [0, 0.05) is 19.4 Å². The van der Waals surface area contributed by atoms with Crippen molar-refractivity contribution in [2.75, 3.05) is 0 Å². The molecule has 2 nitrogen and oxygen atoms in total. The third-order valence-corrected chi connectivity index (χ3v) is 1.50. The van der Waals surface area contributed by atoms with Crippen molar-refractivity contribution < 1.29 is 0 Å². The Kier molecular flexibility index (Phi) is 4.95. The number of aryl methyl sites for hydroxylation is 1. The Morgan fingerprint density at radius 1 is 1.45 bits per heavy atom. The van der Waals surface area contributed by atoms with Crippen LogP contribution in [0.25, 0.3) is 0 Å². The molecule has 0 unspecified atom stereocenters. The van der Waals surface area contributed by atoms with Crippen LogP contribution in [-0.4, -0.2) is 9.55 Å². The van der Waals surface area contributed by atoms with Crippen LogP contribution in [-0.2, 0) is 7.05 Å². The maximum Gasteiger partial charge on any atom is 0.0943 e. The van der Waals surface area contributed by atoms with Gasteiger partial charge in [0.2, 0.25) is 0 Å². The van der Waals surface area contributed by atoms with E-state index in [1.807, 2.05) is 17.8 Å². The van der Waals surface area contributed by atoms with Crippen molar-refractivity contribution in [1.29, 1.82) is 0 Å². The first-order valence-corrected chi connectivity index (χ1v) is 3.71. The molecular formula is C8H15ClN2. The van der Waals surface area contributed by atoms with Crippen molar-refractivity contribution >= 4 is 12.4 Å². The topological polar surface area (TPSA) is 17.8 Å². The molecule has 3 heteroatoms. The van der Waals surface area contributed by atoms with E-state index in [1.165, 1.54) is 12.8 Å². The fourth-order valence-electron chi connectivity index (χ4n) is 0.492. The summed E-state index contributed by atoms with van der Waals surface area (Å²) in [4.78, 5) is 3.78. The van der Waals surface area contributed by atoms with Crippen molar-refractivity contribution in [2.45, 2.75) is 19.8 Å². The number of hydrogen-bond acceptors (Lipinski definition) is 1. The molecule has 11 heavy (non-hydrogen) atoms. The van der Waals surface area contributed by atoms with Gasteiger partial charge in [-0.15, -0.1) is 12.4 Å². The maximum atomic E-state index is 3.78. The average molecular weight is 175 g/mol. The molecule has 0 spiro atoms. The third-order valence-electron chi connectivity index (χ3n) is 1.50. The molecule has 1 aliphatic carbocycles. The van der Waals surface area contributed by atoms with Crippen LogP contribution >= 0.6 is 12.4 Å². The summed E-state index contributed by atoms with van der Waals surface area (Å²) in [6, 6.07) is 0. The predicted molar refractivity (Wildman–Crippen MR) is 48.9 cm³/mol. The molecule has 0 N–H and O–H groups in total. The number of rotatable bonds is 0. The van der Waals surface area contributed by atoms with Crippen molar-refractivity contribution in [3.63, 3.8) is 0 Å². The molecule has 0 aliphatic heterocycles. The van der Waals surface area contributed by atoms with Crippen molar-refractivity contribution in [3.8, 4) is 0 Å². The van der Waals surface area contributed by atoms with E-state index in [1.54, 1.807) is 12.5 Å². The van der Waals surface area contributed by atoms with E-state index in [0.29, 0.717) is 0 Å². The Balaban J connectivity index is 0.000000177. The lowest BCUT2D eigenvalue weighted by atomic mass is 10.5. The Hall–Kier alpha value is -0.500. The van der Waals surface area contributed by atoms with E-state index >= 15 is 0 Å². The lowest BCUT2D eigenvalue weighted by molar-refractivity contribution is 0.913. The second-order valence-electron chi connectivity index (χ2n) is 2.91. The van der Waals surface area contributed by atoms with Crippen LogP contribution in [0.3, 0.4) is 0 Å². The molecule has 1 heterocycles. The van der Waals surface area contributed by atoms with Gasteiger partial charge < -0.3 is 4.57 Å². The van der Waals surface area contributed by atoms with Crippen LogP contribution in [0.4, 0.5) is 0 Å². The molecule has 0 aromatic carbocycles. The summed E-state index contributed by atoms with van der Waals surface area (Å²) in [5.74, 6) is 1.08. The normalized spacial score (nSPS) is 14.4. The Bertz CT molecular complexity index is 168. The Morgan fingerprint density at radius 2 is 2.00 bits per heavy atom. The Labute approximate surface area is 74.0 Å². The molecule has 1 fully saturated rings. The molecule has 64 valence electrons. The van der Waals surface area contributed by atoms with Crippen LogP contribution in [0.1, 0.15) is 19.8 Å². The first-order chi connectivity index (χ1) is 4.79. The largest absolute Gasteiger partial charge is 0.341 e. The quantitative estimate of drug-likeness (QED) is 0.590. The van der Waals surface area contributed by atoms with Crippen molar-refractivity contribution in [1.82, 2.24) is 9.55 Å². The number of imidazole rings is 1. The zero-order valence-electron chi connectivity index (χ0n) is 7.03. The van der Waals surface area contributed by atoms with Gasteiger partial charge >= 0.3 is 0 Å². The van der Waals surface area contributed by atoms with E-state index in [-0.39, 0.29) is 12.4 Å². The molecular weight excluding hydrogens is 160 g/mol. The summed E-state index contributed by atoms with van der Waals surface area (Å²) in [6.45, 7) is 2.28. The smallest absolute Gasteiger partial charge is 0.0943 e. The van der Waals surface area contributed by atoms with E-state index in [0.717, 1.165) is 5.92 Å². The molecule has 0 bridgehead atoms. The average Bonchev–Trinajstić information content (AvgIpc) is 2.50. The van der Waals surface area contributed by atoms with Gasteiger partial charge in [0.25, 0.3) is 0 Å². The number of halogens is 1. The maximum absolute atomic E-state index is 3.78. The Morgan fingerprint density at radius 3 is 2.09 bits per heavy atom. The molecule has 1 aromatic rings. The monoisotopic (exact) mass is 174 g/mol. The van der Waals surface area contributed by atoms with Gasteiger partial charge in [-0.05, 0) is 5.92 Å². The van der Waals surface area contributed by atoms with Crippen LogP contribution in [0.15, 0.2) is 18.7 Å². The standard InChI is InChI=1S/C4H6N2.C4H8.ClH/c1-6-3-2-5-4-6;1-4-2-3-4;/h2-4H,1H3;4H,2-3H2,1H3;1H. The van der Waals surface area contributed by atoms with Gasteiger partial charge in [0.1, 0.15) is 0 Å². The summed E-state index contributed by atoms with van der Waals surface area (Å²) in [6.07, 6.45) is 8.36. The second kappa shape index (κ2) is 5.19. The summed E-state index contributed by atoms with van der Waals surface area (Å²) in [5.41, 5.74) is 0. The first-order valence-electron chi connectivity index (χ1n) is 3.71. The molecule has 0 radical (unpaired) electrons. The van der Waals surface area contributed by atoms with Gasteiger partial charge in [-0.3, -0.25) is 0 Å². The predicted octanol–water partition coefficient (Wildman–Crippen LogP) is 2.26. The molecule has 2 rings (SSSR count). The summed E-state index contributed by atoms with van der Waals surface area (Å²) >= 11 is 0. The highest BCUT2D eigenvalue weighted by molar-refractivity contribution is 5.85. The molecule has 1 saturated carbocycles. The molecule has 1 aromatic heterocycles. The van der Waals surface area contributed by atoms with E-state index in [4.69, 9.17) is 0 Å². The van der Waals surface area contributed by atoms with Crippen molar-refractivity contribution in [3.05, 3.63) is 18.7 Å². The number of nitrogens with zero attached hydrogens (tertiary/aromatic N) is 2. The highest BCUT2D eigenvalue weighted by Gasteiger charge is 2.12. The summed E-state index contributed by atoms with van der Waals surface area (Å²) < 4.78 is 1.89.